The lowest BCUT2D eigenvalue weighted by Gasteiger charge is -2.32. The van der Waals surface area contributed by atoms with E-state index < -0.39 is 0 Å². The zero-order valence-electron chi connectivity index (χ0n) is 16.3. The highest BCUT2D eigenvalue weighted by atomic mass is 16.5. The molecule has 0 saturated carbocycles. The molecule has 0 aliphatic carbocycles. The number of aromatic amines is 1. The van der Waals surface area contributed by atoms with Crippen molar-refractivity contribution in [2.45, 2.75) is 26.3 Å². The molecule has 1 N–H and O–H groups in total. The summed E-state index contributed by atoms with van der Waals surface area (Å²) in [7, 11) is 1.63. The van der Waals surface area contributed by atoms with Gasteiger partial charge in [-0.05, 0) is 43.4 Å². The van der Waals surface area contributed by atoms with Gasteiger partial charge in [0.05, 0.1) is 30.8 Å². The molecular formula is C21H25N5O2. The highest BCUT2D eigenvalue weighted by molar-refractivity contribution is 5.99. The highest BCUT2D eigenvalue weighted by Crippen LogP contribution is 2.27. The molecule has 0 atom stereocenters. The minimum absolute atomic E-state index is 0.0277. The van der Waals surface area contributed by atoms with Crippen LogP contribution in [0.25, 0.3) is 11.3 Å². The van der Waals surface area contributed by atoms with Crippen LogP contribution in [0.1, 0.15) is 28.8 Å². The topological polar surface area (TPSA) is 76.0 Å². The van der Waals surface area contributed by atoms with Crippen LogP contribution in [0.2, 0.25) is 0 Å². The van der Waals surface area contributed by atoms with Gasteiger partial charge in [-0.3, -0.25) is 14.6 Å². The third kappa shape index (κ3) is 3.78. The molecule has 1 saturated heterocycles. The molecule has 3 aromatic rings. The van der Waals surface area contributed by atoms with Crippen molar-refractivity contribution in [2.75, 3.05) is 20.2 Å². The number of nitrogens with one attached hydrogen (secondary N) is 1. The standard InChI is InChI=1S/C21H25N5O2/c1-15-11-23-26(13-15)14-16-6-8-25(9-7-16)21(27)19-12-22-24-20(19)17-4-3-5-18(10-17)28-2/h3-5,10-13,16H,6-9,14H2,1-2H3,(H,22,24). The summed E-state index contributed by atoms with van der Waals surface area (Å²) < 4.78 is 7.30. The van der Waals surface area contributed by atoms with E-state index in [0.717, 1.165) is 49.5 Å². The van der Waals surface area contributed by atoms with Crippen molar-refractivity contribution < 1.29 is 9.53 Å². The number of aromatic nitrogens is 4. The molecule has 2 aromatic heterocycles. The van der Waals surface area contributed by atoms with Gasteiger partial charge in [-0.25, -0.2) is 0 Å². The Morgan fingerprint density at radius 1 is 1.29 bits per heavy atom. The summed E-state index contributed by atoms with van der Waals surface area (Å²) in [4.78, 5) is 15.0. The molecule has 1 aromatic carbocycles. The molecule has 28 heavy (non-hydrogen) atoms. The van der Waals surface area contributed by atoms with E-state index in [1.807, 2.05) is 40.0 Å². The number of H-pyrrole nitrogens is 1. The normalized spacial score (nSPS) is 15.0. The lowest BCUT2D eigenvalue weighted by atomic mass is 9.96. The summed E-state index contributed by atoms with van der Waals surface area (Å²) >= 11 is 0. The molecule has 1 fully saturated rings. The average Bonchev–Trinajstić information content (AvgIpc) is 3.37. The van der Waals surface area contributed by atoms with Crippen LogP contribution in [0.4, 0.5) is 0 Å². The van der Waals surface area contributed by atoms with Gasteiger partial charge in [0.1, 0.15) is 5.75 Å². The first kappa shape index (κ1) is 18.3. The summed E-state index contributed by atoms with van der Waals surface area (Å²) in [5.74, 6) is 1.32. The van der Waals surface area contributed by atoms with Crippen LogP contribution in [-0.4, -0.2) is 51.0 Å². The van der Waals surface area contributed by atoms with Crippen molar-refractivity contribution in [3.05, 3.63) is 54.0 Å². The predicted octanol–water partition coefficient (Wildman–Crippen LogP) is 3.14. The molecule has 1 amide bonds. The van der Waals surface area contributed by atoms with E-state index in [-0.39, 0.29) is 5.91 Å². The molecule has 3 heterocycles. The Hall–Kier alpha value is -3.09. The van der Waals surface area contributed by atoms with Crippen LogP contribution >= 0.6 is 0 Å². The number of hydrogen-bond acceptors (Lipinski definition) is 4. The maximum absolute atomic E-state index is 13.1. The number of carbonyl (C=O) groups is 1. The number of ether oxygens (including phenoxy) is 1. The number of piperidine rings is 1. The second kappa shape index (κ2) is 7.88. The SMILES string of the molecule is COc1cccc(-c2[nH]ncc2C(=O)N2CCC(Cn3cc(C)cn3)CC2)c1. The third-order valence-corrected chi connectivity index (χ3v) is 5.34. The van der Waals surface area contributed by atoms with Gasteiger partial charge in [0.15, 0.2) is 0 Å². The lowest BCUT2D eigenvalue weighted by molar-refractivity contribution is 0.0682. The fourth-order valence-corrected chi connectivity index (χ4v) is 3.77. The summed E-state index contributed by atoms with van der Waals surface area (Å²) in [5, 5.41) is 11.5. The maximum Gasteiger partial charge on any atom is 0.257 e. The Balaban J connectivity index is 1.43. The maximum atomic E-state index is 13.1. The minimum Gasteiger partial charge on any atom is -0.497 e. The molecule has 7 nitrogen and oxygen atoms in total. The van der Waals surface area contributed by atoms with Crippen molar-refractivity contribution in [3.63, 3.8) is 0 Å². The number of amides is 1. The monoisotopic (exact) mass is 379 g/mol. The van der Waals surface area contributed by atoms with Crippen molar-refractivity contribution in [2.24, 2.45) is 5.92 Å². The van der Waals surface area contributed by atoms with Crippen molar-refractivity contribution in [1.29, 1.82) is 0 Å². The minimum atomic E-state index is 0.0277. The van der Waals surface area contributed by atoms with E-state index in [1.54, 1.807) is 13.3 Å². The Bertz CT molecular complexity index is 953. The Morgan fingerprint density at radius 3 is 2.82 bits per heavy atom. The number of methoxy groups -OCH3 is 1. The van der Waals surface area contributed by atoms with E-state index in [0.29, 0.717) is 11.5 Å². The number of benzene rings is 1. The molecule has 0 spiro atoms. The largest absolute Gasteiger partial charge is 0.497 e. The van der Waals surface area contributed by atoms with Gasteiger partial charge in [-0.15, -0.1) is 0 Å². The lowest BCUT2D eigenvalue weighted by Crippen LogP contribution is -2.39. The number of likely N-dealkylation sites (tertiary alicyclic amines) is 1. The Labute approximate surface area is 164 Å². The van der Waals surface area contributed by atoms with E-state index in [1.165, 1.54) is 5.56 Å². The van der Waals surface area contributed by atoms with E-state index in [4.69, 9.17) is 4.74 Å². The summed E-state index contributed by atoms with van der Waals surface area (Å²) in [5.41, 5.74) is 3.41. The number of aryl methyl sites for hydroxylation is 1. The first-order valence-electron chi connectivity index (χ1n) is 9.60. The van der Waals surface area contributed by atoms with Crippen LogP contribution in [0, 0.1) is 12.8 Å². The average molecular weight is 379 g/mol. The molecule has 146 valence electrons. The molecule has 1 aliphatic rings. The molecule has 0 radical (unpaired) electrons. The van der Waals surface area contributed by atoms with Gasteiger partial charge in [0.2, 0.25) is 0 Å². The van der Waals surface area contributed by atoms with Crippen LogP contribution < -0.4 is 4.74 Å². The highest BCUT2D eigenvalue weighted by Gasteiger charge is 2.26. The fourth-order valence-electron chi connectivity index (χ4n) is 3.77. The Morgan fingerprint density at radius 2 is 2.11 bits per heavy atom. The first-order valence-corrected chi connectivity index (χ1v) is 9.60. The fraction of sp³-hybridized carbons (Fsp3) is 0.381. The van der Waals surface area contributed by atoms with Gasteiger partial charge < -0.3 is 9.64 Å². The smallest absolute Gasteiger partial charge is 0.257 e. The summed E-state index contributed by atoms with van der Waals surface area (Å²) in [6.07, 6.45) is 7.55. The molecule has 4 rings (SSSR count). The van der Waals surface area contributed by atoms with Gasteiger partial charge in [-0.1, -0.05) is 12.1 Å². The van der Waals surface area contributed by atoms with Crippen LogP contribution in [0.5, 0.6) is 5.75 Å². The Kier molecular flexibility index (Phi) is 5.14. The van der Waals surface area contributed by atoms with Gasteiger partial charge in [0, 0.05) is 31.4 Å². The number of carbonyl (C=O) groups excluding carboxylic acids is 1. The van der Waals surface area contributed by atoms with E-state index in [2.05, 4.69) is 28.4 Å². The second-order valence-corrected chi connectivity index (χ2v) is 7.37. The third-order valence-electron chi connectivity index (χ3n) is 5.34. The van der Waals surface area contributed by atoms with Crippen LogP contribution in [0.3, 0.4) is 0 Å². The molecule has 7 heteroatoms. The van der Waals surface area contributed by atoms with Gasteiger partial charge in [0.25, 0.3) is 5.91 Å². The second-order valence-electron chi connectivity index (χ2n) is 7.37. The summed E-state index contributed by atoms with van der Waals surface area (Å²) in [6.45, 7) is 4.48. The molecular weight excluding hydrogens is 354 g/mol. The molecule has 1 aliphatic heterocycles. The van der Waals surface area contributed by atoms with Crippen molar-refractivity contribution in [1.82, 2.24) is 24.9 Å². The van der Waals surface area contributed by atoms with E-state index in [9.17, 15) is 4.79 Å². The molecule has 0 unspecified atom stereocenters. The zero-order valence-corrected chi connectivity index (χ0v) is 16.3. The van der Waals surface area contributed by atoms with Crippen molar-refractivity contribution >= 4 is 5.91 Å². The summed E-state index contributed by atoms with van der Waals surface area (Å²) in [6, 6.07) is 7.65. The van der Waals surface area contributed by atoms with Crippen LogP contribution in [0.15, 0.2) is 42.9 Å². The quantitative estimate of drug-likeness (QED) is 0.739. The number of rotatable bonds is 5. The zero-order chi connectivity index (χ0) is 19.5. The van der Waals surface area contributed by atoms with E-state index >= 15 is 0 Å². The number of nitrogens with zero attached hydrogens (tertiary/aromatic N) is 4. The van der Waals surface area contributed by atoms with Gasteiger partial charge in [-0.2, -0.15) is 10.2 Å². The first-order chi connectivity index (χ1) is 13.6. The van der Waals surface area contributed by atoms with Crippen molar-refractivity contribution in [3.8, 4) is 17.0 Å². The van der Waals surface area contributed by atoms with Crippen LogP contribution in [-0.2, 0) is 6.54 Å². The van der Waals surface area contributed by atoms with Gasteiger partial charge >= 0.3 is 0 Å². The predicted molar refractivity (Wildman–Crippen MR) is 106 cm³/mol. The number of hydrogen-bond donors (Lipinski definition) is 1. The molecule has 0 bridgehead atoms.